The summed E-state index contributed by atoms with van der Waals surface area (Å²) < 4.78 is 10.4. The van der Waals surface area contributed by atoms with E-state index in [2.05, 4.69) is 10.1 Å². The second kappa shape index (κ2) is 5.79. The van der Waals surface area contributed by atoms with Crippen LogP contribution in [0.3, 0.4) is 0 Å². The van der Waals surface area contributed by atoms with E-state index in [0.29, 0.717) is 24.7 Å². The quantitative estimate of drug-likeness (QED) is 0.867. The van der Waals surface area contributed by atoms with Crippen LogP contribution in [0.4, 0.5) is 0 Å². The molecule has 2 atom stereocenters. The maximum Gasteiger partial charge on any atom is 0.232 e. The molecule has 3 rings (SSSR count). The van der Waals surface area contributed by atoms with Gasteiger partial charge in [0, 0.05) is 13.0 Å². The molecule has 2 aromatic rings. The summed E-state index contributed by atoms with van der Waals surface area (Å²) >= 11 is 0. The first-order valence-electron chi connectivity index (χ1n) is 7.32. The summed E-state index contributed by atoms with van der Waals surface area (Å²) in [7, 11) is 1.64. The Morgan fingerprint density at radius 2 is 2.09 bits per heavy atom. The fourth-order valence-electron chi connectivity index (χ4n) is 2.81. The second-order valence-corrected chi connectivity index (χ2v) is 5.58. The SMILES string of the molecule is COc1ccc(C(C)N2CC(c3nc(C)no3)CC2=O)cc1. The molecule has 2 heterocycles. The molecule has 1 fully saturated rings. The smallest absolute Gasteiger partial charge is 0.232 e. The normalized spacial score (nSPS) is 19.5. The number of benzene rings is 1. The number of carbonyl (C=O) groups is 1. The molecule has 0 saturated carbocycles. The van der Waals surface area contributed by atoms with E-state index in [0.717, 1.165) is 11.3 Å². The molecular formula is C16H19N3O3. The molecule has 22 heavy (non-hydrogen) atoms. The zero-order chi connectivity index (χ0) is 15.7. The van der Waals surface area contributed by atoms with E-state index in [-0.39, 0.29) is 17.9 Å². The van der Waals surface area contributed by atoms with Crippen molar-refractivity contribution in [1.29, 1.82) is 0 Å². The van der Waals surface area contributed by atoms with E-state index in [4.69, 9.17) is 9.26 Å². The van der Waals surface area contributed by atoms with Crippen molar-refractivity contribution < 1.29 is 14.1 Å². The summed E-state index contributed by atoms with van der Waals surface area (Å²) in [5.74, 6) is 2.06. The number of likely N-dealkylation sites (tertiary alicyclic amines) is 1. The number of hydrogen-bond donors (Lipinski definition) is 0. The molecule has 6 heteroatoms. The Hall–Kier alpha value is -2.37. The third kappa shape index (κ3) is 2.68. The second-order valence-electron chi connectivity index (χ2n) is 5.58. The van der Waals surface area contributed by atoms with Gasteiger partial charge in [0.2, 0.25) is 11.8 Å². The molecule has 0 N–H and O–H groups in total. The molecule has 0 spiro atoms. The Morgan fingerprint density at radius 1 is 1.36 bits per heavy atom. The molecular weight excluding hydrogens is 282 g/mol. The first kappa shape index (κ1) is 14.6. The first-order valence-corrected chi connectivity index (χ1v) is 7.32. The molecule has 2 unspecified atom stereocenters. The van der Waals surface area contributed by atoms with Crippen molar-refractivity contribution in [2.24, 2.45) is 0 Å². The third-order valence-corrected chi connectivity index (χ3v) is 4.12. The van der Waals surface area contributed by atoms with Gasteiger partial charge in [-0.2, -0.15) is 4.98 Å². The standard InChI is InChI=1S/C16H19N3O3/c1-10(12-4-6-14(21-3)7-5-12)19-9-13(8-15(19)20)16-17-11(2)18-22-16/h4-7,10,13H,8-9H2,1-3H3. The van der Waals surface area contributed by atoms with E-state index >= 15 is 0 Å². The zero-order valence-electron chi connectivity index (χ0n) is 12.9. The Balaban J connectivity index is 1.75. The molecule has 0 bridgehead atoms. The molecule has 1 aliphatic rings. The van der Waals surface area contributed by atoms with Crippen LogP contribution in [0.1, 0.15) is 42.6 Å². The summed E-state index contributed by atoms with van der Waals surface area (Å²) in [6.07, 6.45) is 0.419. The Bertz CT molecular complexity index is 666. The highest BCUT2D eigenvalue weighted by Crippen LogP contribution is 2.33. The van der Waals surface area contributed by atoms with Gasteiger partial charge in [-0.1, -0.05) is 17.3 Å². The highest BCUT2D eigenvalue weighted by molar-refractivity contribution is 5.80. The fourth-order valence-corrected chi connectivity index (χ4v) is 2.81. The van der Waals surface area contributed by atoms with E-state index < -0.39 is 0 Å². The van der Waals surface area contributed by atoms with Crippen molar-refractivity contribution in [2.45, 2.75) is 32.2 Å². The van der Waals surface area contributed by atoms with Crippen molar-refractivity contribution in [3.63, 3.8) is 0 Å². The minimum Gasteiger partial charge on any atom is -0.497 e. The van der Waals surface area contributed by atoms with Gasteiger partial charge >= 0.3 is 0 Å². The van der Waals surface area contributed by atoms with Crippen molar-refractivity contribution in [3.8, 4) is 5.75 Å². The number of carbonyl (C=O) groups excluding carboxylic acids is 1. The van der Waals surface area contributed by atoms with Crippen LogP contribution in [0.5, 0.6) is 5.75 Å². The van der Waals surface area contributed by atoms with Crippen LogP contribution < -0.4 is 4.74 Å². The summed E-state index contributed by atoms with van der Waals surface area (Å²) in [6, 6.07) is 7.80. The van der Waals surface area contributed by atoms with Gasteiger partial charge in [0.25, 0.3) is 0 Å². The third-order valence-electron chi connectivity index (χ3n) is 4.12. The van der Waals surface area contributed by atoms with Crippen LogP contribution >= 0.6 is 0 Å². The number of nitrogens with zero attached hydrogens (tertiary/aromatic N) is 3. The van der Waals surface area contributed by atoms with E-state index in [1.165, 1.54) is 0 Å². The van der Waals surface area contributed by atoms with Crippen LogP contribution in [0, 0.1) is 6.92 Å². The monoisotopic (exact) mass is 301 g/mol. The number of rotatable bonds is 4. The number of amides is 1. The molecule has 0 aliphatic carbocycles. The lowest BCUT2D eigenvalue weighted by molar-refractivity contribution is -0.129. The molecule has 0 radical (unpaired) electrons. The molecule has 1 amide bonds. The number of methoxy groups -OCH3 is 1. The van der Waals surface area contributed by atoms with Gasteiger partial charge < -0.3 is 14.2 Å². The average molecular weight is 301 g/mol. The molecule has 1 aliphatic heterocycles. The van der Waals surface area contributed by atoms with Crippen molar-refractivity contribution in [2.75, 3.05) is 13.7 Å². The predicted molar refractivity (Wildman–Crippen MR) is 79.5 cm³/mol. The molecule has 116 valence electrons. The fraction of sp³-hybridized carbons (Fsp3) is 0.438. The Kier molecular flexibility index (Phi) is 3.83. The van der Waals surface area contributed by atoms with Gasteiger partial charge in [0.1, 0.15) is 5.75 Å². The van der Waals surface area contributed by atoms with Crippen LogP contribution in [-0.2, 0) is 4.79 Å². The highest BCUT2D eigenvalue weighted by atomic mass is 16.5. The zero-order valence-corrected chi connectivity index (χ0v) is 12.9. The maximum atomic E-state index is 12.3. The van der Waals surface area contributed by atoms with Gasteiger partial charge in [-0.25, -0.2) is 0 Å². The summed E-state index contributed by atoms with van der Waals surface area (Å²) in [5, 5.41) is 3.80. The van der Waals surface area contributed by atoms with E-state index in [9.17, 15) is 4.79 Å². The number of aromatic nitrogens is 2. The van der Waals surface area contributed by atoms with Gasteiger partial charge in [-0.15, -0.1) is 0 Å². The molecule has 6 nitrogen and oxygen atoms in total. The minimum atomic E-state index is -0.0191. The van der Waals surface area contributed by atoms with Crippen LogP contribution in [0.25, 0.3) is 0 Å². The van der Waals surface area contributed by atoms with Crippen molar-refractivity contribution in [3.05, 3.63) is 41.5 Å². The lowest BCUT2D eigenvalue weighted by Gasteiger charge is -2.25. The number of hydrogen-bond acceptors (Lipinski definition) is 5. The first-order chi connectivity index (χ1) is 10.6. The molecule has 1 aromatic heterocycles. The van der Waals surface area contributed by atoms with Crippen molar-refractivity contribution >= 4 is 5.91 Å². The van der Waals surface area contributed by atoms with Gasteiger partial charge in [-0.05, 0) is 31.5 Å². The highest BCUT2D eigenvalue weighted by Gasteiger charge is 2.36. The van der Waals surface area contributed by atoms with Gasteiger partial charge in [0.05, 0.1) is 19.1 Å². The molecule has 1 aromatic carbocycles. The van der Waals surface area contributed by atoms with E-state index in [1.807, 2.05) is 36.1 Å². The van der Waals surface area contributed by atoms with Crippen molar-refractivity contribution in [1.82, 2.24) is 15.0 Å². The van der Waals surface area contributed by atoms with Crippen LogP contribution in [0.15, 0.2) is 28.8 Å². The van der Waals surface area contributed by atoms with Gasteiger partial charge in [0.15, 0.2) is 5.82 Å². The van der Waals surface area contributed by atoms with Crippen LogP contribution in [0.2, 0.25) is 0 Å². The molecule has 1 saturated heterocycles. The Labute approximate surface area is 129 Å². The van der Waals surface area contributed by atoms with Crippen LogP contribution in [-0.4, -0.2) is 34.6 Å². The summed E-state index contributed by atoms with van der Waals surface area (Å²) in [5.41, 5.74) is 1.08. The lowest BCUT2D eigenvalue weighted by Crippen LogP contribution is -2.28. The van der Waals surface area contributed by atoms with Gasteiger partial charge in [-0.3, -0.25) is 4.79 Å². The number of aryl methyl sites for hydroxylation is 1. The largest absolute Gasteiger partial charge is 0.497 e. The summed E-state index contributed by atoms with van der Waals surface area (Å²) in [6.45, 7) is 4.41. The Morgan fingerprint density at radius 3 is 2.68 bits per heavy atom. The predicted octanol–water partition coefficient (Wildman–Crippen LogP) is 2.46. The number of ether oxygens (including phenoxy) is 1. The minimum absolute atomic E-state index is 0.00687. The maximum absolute atomic E-state index is 12.3. The van der Waals surface area contributed by atoms with E-state index in [1.54, 1.807) is 14.0 Å². The average Bonchev–Trinajstić information content (AvgIpc) is 3.12. The lowest BCUT2D eigenvalue weighted by atomic mass is 10.1. The summed E-state index contributed by atoms with van der Waals surface area (Å²) in [4.78, 5) is 18.4. The topological polar surface area (TPSA) is 68.5 Å².